The summed E-state index contributed by atoms with van der Waals surface area (Å²) in [7, 11) is 1.81. The molecule has 3 nitrogen and oxygen atoms in total. The van der Waals surface area contributed by atoms with Gasteiger partial charge in [0.1, 0.15) is 0 Å². The van der Waals surface area contributed by atoms with Gasteiger partial charge in [0.15, 0.2) is 0 Å². The van der Waals surface area contributed by atoms with E-state index in [9.17, 15) is 4.79 Å². The lowest BCUT2D eigenvalue weighted by Crippen LogP contribution is -2.48. The van der Waals surface area contributed by atoms with E-state index in [4.69, 9.17) is 4.74 Å². The highest BCUT2D eigenvalue weighted by Gasteiger charge is 2.52. The number of benzene rings is 1. The average Bonchev–Trinajstić information content (AvgIpc) is 2.89. The van der Waals surface area contributed by atoms with E-state index in [0.717, 1.165) is 18.6 Å². The molecule has 0 bridgehead atoms. The number of fused-ring (bicyclic) bond motifs is 1. The number of amides is 1. The zero-order chi connectivity index (χ0) is 16.4. The Morgan fingerprint density at radius 2 is 2.04 bits per heavy atom. The van der Waals surface area contributed by atoms with Gasteiger partial charge in [-0.1, -0.05) is 32.0 Å². The summed E-state index contributed by atoms with van der Waals surface area (Å²) in [5.41, 5.74) is 0. The fourth-order valence-electron chi connectivity index (χ4n) is 4.28. The van der Waals surface area contributed by atoms with Crippen molar-refractivity contribution in [1.29, 1.82) is 0 Å². The molecule has 4 heteroatoms. The van der Waals surface area contributed by atoms with Gasteiger partial charge in [0, 0.05) is 36.1 Å². The van der Waals surface area contributed by atoms with Crippen molar-refractivity contribution in [3.8, 4) is 0 Å². The topological polar surface area (TPSA) is 29.5 Å². The molecule has 0 aliphatic carbocycles. The molecular weight excluding hydrogens is 306 g/mol. The van der Waals surface area contributed by atoms with E-state index in [0.29, 0.717) is 30.2 Å². The molecule has 1 aromatic carbocycles. The predicted octanol–water partition coefficient (Wildman–Crippen LogP) is 3.83. The van der Waals surface area contributed by atoms with Crippen LogP contribution in [0.25, 0.3) is 0 Å². The molecule has 4 atom stereocenters. The number of hydrogen-bond acceptors (Lipinski definition) is 3. The highest BCUT2D eigenvalue weighted by Crippen LogP contribution is 2.43. The van der Waals surface area contributed by atoms with E-state index in [1.54, 1.807) is 0 Å². The monoisotopic (exact) mass is 333 g/mol. The van der Waals surface area contributed by atoms with Gasteiger partial charge < -0.3 is 9.64 Å². The first kappa shape index (κ1) is 16.8. The van der Waals surface area contributed by atoms with Crippen LogP contribution in [0.3, 0.4) is 0 Å². The summed E-state index contributed by atoms with van der Waals surface area (Å²) in [6.07, 6.45) is 3.00. The number of methoxy groups -OCH3 is 1. The molecular formula is C19H27NO2S. The summed E-state index contributed by atoms with van der Waals surface area (Å²) in [6.45, 7) is 4.42. The number of nitrogens with zero attached hydrogens (tertiary/aromatic N) is 1. The lowest BCUT2D eigenvalue weighted by atomic mass is 9.91. The van der Waals surface area contributed by atoms with Crippen molar-refractivity contribution in [3.63, 3.8) is 0 Å². The Labute approximate surface area is 143 Å². The number of carbonyl (C=O) groups excluding carboxylic acids is 1. The van der Waals surface area contributed by atoms with Gasteiger partial charge in [-0.2, -0.15) is 0 Å². The maximum absolute atomic E-state index is 12.5. The van der Waals surface area contributed by atoms with Gasteiger partial charge in [-0.25, -0.2) is 0 Å². The van der Waals surface area contributed by atoms with Crippen LogP contribution < -0.4 is 0 Å². The molecule has 2 aliphatic heterocycles. The number of ether oxygens (including phenoxy) is 1. The summed E-state index contributed by atoms with van der Waals surface area (Å²) < 4.78 is 5.92. The van der Waals surface area contributed by atoms with Gasteiger partial charge in [-0.3, -0.25) is 4.79 Å². The third-order valence-electron chi connectivity index (χ3n) is 5.25. The van der Waals surface area contributed by atoms with Crippen LogP contribution in [0.15, 0.2) is 35.2 Å². The van der Waals surface area contributed by atoms with Gasteiger partial charge in [-0.05, 0) is 30.9 Å². The fraction of sp³-hybridized carbons (Fsp3) is 0.632. The normalized spacial score (nSPS) is 30.8. The molecule has 126 valence electrons. The molecule has 2 heterocycles. The second-order valence-electron chi connectivity index (χ2n) is 6.98. The van der Waals surface area contributed by atoms with Crippen molar-refractivity contribution in [1.82, 2.24) is 4.90 Å². The molecule has 2 saturated heterocycles. The Bertz CT molecular complexity index is 533. The molecule has 1 amide bonds. The van der Waals surface area contributed by atoms with Gasteiger partial charge >= 0.3 is 0 Å². The first-order valence-corrected chi connectivity index (χ1v) is 9.64. The van der Waals surface area contributed by atoms with Crippen molar-refractivity contribution < 1.29 is 9.53 Å². The molecule has 0 radical (unpaired) electrons. The van der Waals surface area contributed by atoms with E-state index in [-0.39, 0.29) is 12.1 Å². The Morgan fingerprint density at radius 1 is 1.30 bits per heavy atom. The molecule has 2 fully saturated rings. The minimum atomic E-state index is 0.151. The molecule has 0 saturated carbocycles. The number of thioether (sulfide) groups is 1. The fourth-order valence-corrected chi connectivity index (χ4v) is 5.43. The first-order chi connectivity index (χ1) is 11.1. The second-order valence-corrected chi connectivity index (χ2v) is 8.08. The second kappa shape index (κ2) is 7.27. The number of hydrogen-bond donors (Lipinski definition) is 0. The molecule has 2 aliphatic rings. The SMILES string of the molecule is CO[C@H]1[C@H](CSc2ccccc2)[C@H]2CCCC(=O)N2[C@@H]1C(C)C. The summed E-state index contributed by atoms with van der Waals surface area (Å²) >= 11 is 1.89. The van der Waals surface area contributed by atoms with Crippen molar-refractivity contribution in [2.24, 2.45) is 11.8 Å². The van der Waals surface area contributed by atoms with Crippen LogP contribution in [0.1, 0.15) is 33.1 Å². The standard InChI is InChI=1S/C19H27NO2S/c1-13(2)18-19(22-3)15(12-23-14-8-5-4-6-9-14)16-10-7-11-17(21)20(16)18/h4-6,8-9,13,15-16,18-19H,7,10-12H2,1-3H3/t15-,16-,18-,19+/m1/s1. The van der Waals surface area contributed by atoms with E-state index >= 15 is 0 Å². The summed E-state index contributed by atoms with van der Waals surface area (Å²) in [4.78, 5) is 16.0. The van der Waals surface area contributed by atoms with Crippen LogP contribution in [-0.2, 0) is 9.53 Å². The third-order valence-corrected chi connectivity index (χ3v) is 6.41. The molecule has 1 aromatic rings. The van der Waals surface area contributed by atoms with Gasteiger partial charge in [-0.15, -0.1) is 11.8 Å². The number of carbonyl (C=O) groups is 1. The lowest BCUT2D eigenvalue weighted by Gasteiger charge is -2.37. The smallest absolute Gasteiger partial charge is 0.223 e. The molecule has 0 N–H and O–H groups in total. The predicted molar refractivity (Wildman–Crippen MR) is 94.6 cm³/mol. The van der Waals surface area contributed by atoms with E-state index < -0.39 is 0 Å². The minimum Gasteiger partial charge on any atom is -0.379 e. The van der Waals surface area contributed by atoms with Crippen LogP contribution in [0.2, 0.25) is 0 Å². The van der Waals surface area contributed by atoms with Crippen LogP contribution >= 0.6 is 11.8 Å². The Hall–Kier alpha value is -1.00. The van der Waals surface area contributed by atoms with Crippen molar-refractivity contribution in [2.75, 3.05) is 12.9 Å². The Morgan fingerprint density at radius 3 is 2.70 bits per heavy atom. The molecule has 0 spiro atoms. The van der Waals surface area contributed by atoms with Crippen LogP contribution in [0, 0.1) is 11.8 Å². The molecule has 23 heavy (non-hydrogen) atoms. The van der Waals surface area contributed by atoms with Crippen molar-refractivity contribution >= 4 is 17.7 Å². The van der Waals surface area contributed by atoms with Crippen LogP contribution in [0.4, 0.5) is 0 Å². The summed E-state index contributed by atoms with van der Waals surface area (Å²) in [5.74, 6) is 2.19. The highest BCUT2D eigenvalue weighted by molar-refractivity contribution is 7.99. The first-order valence-electron chi connectivity index (χ1n) is 8.65. The van der Waals surface area contributed by atoms with Crippen LogP contribution in [-0.4, -0.2) is 41.9 Å². The van der Waals surface area contributed by atoms with E-state index in [1.807, 2.05) is 24.9 Å². The summed E-state index contributed by atoms with van der Waals surface area (Å²) in [6, 6.07) is 11.1. The van der Waals surface area contributed by atoms with Crippen molar-refractivity contribution in [3.05, 3.63) is 30.3 Å². The van der Waals surface area contributed by atoms with E-state index in [2.05, 4.69) is 43.0 Å². The molecule has 3 rings (SSSR count). The van der Waals surface area contributed by atoms with Gasteiger partial charge in [0.2, 0.25) is 5.91 Å². The molecule has 0 unspecified atom stereocenters. The zero-order valence-corrected chi connectivity index (χ0v) is 15.1. The van der Waals surface area contributed by atoms with Crippen molar-refractivity contribution in [2.45, 2.75) is 56.2 Å². The largest absolute Gasteiger partial charge is 0.379 e. The van der Waals surface area contributed by atoms with Gasteiger partial charge in [0.05, 0.1) is 12.1 Å². The third kappa shape index (κ3) is 3.29. The molecule has 0 aromatic heterocycles. The highest BCUT2D eigenvalue weighted by atomic mass is 32.2. The number of piperidine rings is 1. The number of rotatable bonds is 5. The maximum atomic E-state index is 12.5. The minimum absolute atomic E-state index is 0.151. The van der Waals surface area contributed by atoms with Crippen LogP contribution in [0.5, 0.6) is 0 Å². The Kier molecular flexibility index (Phi) is 5.32. The van der Waals surface area contributed by atoms with Gasteiger partial charge in [0.25, 0.3) is 0 Å². The summed E-state index contributed by atoms with van der Waals surface area (Å²) in [5, 5.41) is 0. The quantitative estimate of drug-likeness (QED) is 0.767. The zero-order valence-electron chi connectivity index (χ0n) is 14.3. The Balaban J connectivity index is 1.80. The average molecular weight is 333 g/mol. The lowest BCUT2D eigenvalue weighted by molar-refractivity contribution is -0.139. The maximum Gasteiger partial charge on any atom is 0.223 e. The van der Waals surface area contributed by atoms with E-state index in [1.165, 1.54) is 4.90 Å².